The Morgan fingerprint density at radius 2 is 2.25 bits per heavy atom. The summed E-state index contributed by atoms with van der Waals surface area (Å²) in [5.41, 5.74) is 7.35. The van der Waals surface area contributed by atoms with Gasteiger partial charge in [-0.1, -0.05) is 18.9 Å². The van der Waals surface area contributed by atoms with Crippen LogP contribution in [0, 0.1) is 11.3 Å². The number of hydrogen-bond donors (Lipinski definition) is 1. The molecule has 2 rings (SSSR count). The molecule has 1 heterocycles. The van der Waals surface area contributed by atoms with Crippen molar-refractivity contribution >= 4 is 5.82 Å². The predicted octanol–water partition coefficient (Wildman–Crippen LogP) is 2.18. The monoisotopic (exact) mass is 216 g/mol. The lowest BCUT2D eigenvalue weighted by atomic mass is 10.0. The fourth-order valence-electron chi connectivity index (χ4n) is 2.36. The average Bonchev–Trinajstić information content (AvgIpc) is 2.88. The van der Waals surface area contributed by atoms with Gasteiger partial charge >= 0.3 is 0 Å². The number of hydrogen-bond acceptors (Lipinski definition) is 3. The minimum Gasteiger partial charge on any atom is -0.383 e. The van der Waals surface area contributed by atoms with Gasteiger partial charge in [-0.15, -0.1) is 6.58 Å². The molecule has 1 aliphatic carbocycles. The number of allylic oxidation sites excluding steroid dienone is 1. The molecule has 4 heteroatoms. The number of nitrogen functional groups attached to an aromatic ring is 1. The Balaban J connectivity index is 2.40. The van der Waals surface area contributed by atoms with Crippen molar-refractivity contribution in [2.24, 2.45) is 0 Å². The van der Waals surface area contributed by atoms with Gasteiger partial charge in [0.15, 0.2) is 0 Å². The molecular formula is C12H16N4. The van der Waals surface area contributed by atoms with E-state index in [4.69, 9.17) is 11.0 Å². The molecule has 0 aromatic carbocycles. The summed E-state index contributed by atoms with van der Waals surface area (Å²) in [7, 11) is 0. The summed E-state index contributed by atoms with van der Waals surface area (Å²) in [4.78, 5) is 0. The number of nitriles is 1. The van der Waals surface area contributed by atoms with Crippen LogP contribution in [-0.2, 0) is 6.54 Å². The second-order valence-electron chi connectivity index (χ2n) is 4.21. The van der Waals surface area contributed by atoms with E-state index < -0.39 is 0 Å². The van der Waals surface area contributed by atoms with Gasteiger partial charge in [-0.05, 0) is 12.8 Å². The van der Waals surface area contributed by atoms with Crippen molar-refractivity contribution in [3.05, 3.63) is 23.9 Å². The van der Waals surface area contributed by atoms with Crippen LogP contribution in [0.3, 0.4) is 0 Å². The largest absolute Gasteiger partial charge is 0.383 e. The second-order valence-corrected chi connectivity index (χ2v) is 4.21. The number of aromatic nitrogens is 2. The minimum absolute atomic E-state index is 0.419. The molecule has 84 valence electrons. The first-order valence-electron chi connectivity index (χ1n) is 5.65. The topological polar surface area (TPSA) is 67.6 Å². The SMILES string of the molecule is C=CCn1nc(C2CCCC2)c(C#N)c1N. The van der Waals surface area contributed by atoms with Crippen molar-refractivity contribution in [2.45, 2.75) is 38.1 Å². The first-order chi connectivity index (χ1) is 7.77. The molecule has 0 amide bonds. The molecule has 2 N–H and O–H groups in total. The molecule has 0 atom stereocenters. The van der Waals surface area contributed by atoms with Gasteiger partial charge in [-0.2, -0.15) is 10.4 Å². The van der Waals surface area contributed by atoms with Crippen molar-refractivity contribution in [3.8, 4) is 6.07 Å². The van der Waals surface area contributed by atoms with Gasteiger partial charge in [0, 0.05) is 5.92 Å². The zero-order valence-electron chi connectivity index (χ0n) is 9.32. The van der Waals surface area contributed by atoms with Gasteiger partial charge in [-0.25, -0.2) is 4.68 Å². The van der Waals surface area contributed by atoms with E-state index in [1.54, 1.807) is 10.8 Å². The molecule has 1 aromatic rings. The quantitative estimate of drug-likeness (QED) is 0.787. The van der Waals surface area contributed by atoms with Gasteiger partial charge in [0.1, 0.15) is 17.5 Å². The molecule has 0 saturated heterocycles. The Morgan fingerprint density at radius 3 is 2.81 bits per heavy atom. The van der Waals surface area contributed by atoms with Crippen LogP contribution < -0.4 is 5.73 Å². The fourth-order valence-corrected chi connectivity index (χ4v) is 2.36. The number of nitrogens with two attached hydrogens (primary N) is 1. The van der Waals surface area contributed by atoms with E-state index in [1.165, 1.54) is 12.8 Å². The first kappa shape index (κ1) is 10.7. The predicted molar refractivity (Wildman–Crippen MR) is 62.8 cm³/mol. The highest BCUT2D eigenvalue weighted by Crippen LogP contribution is 2.36. The lowest BCUT2D eigenvalue weighted by Crippen LogP contribution is -2.03. The maximum absolute atomic E-state index is 9.13. The molecule has 0 unspecified atom stereocenters. The highest BCUT2D eigenvalue weighted by molar-refractivity contribution is 5.53. The number of rotatable bonds is 3. The van der Waals surface area contributed by atoms with Crippen LogP contribution in [-0.4, -0.2) is 9.78 Å². The second kappa shape index (κ2) is 4.40. The maximum atomic E-state index is 9.13. The summed E-state index contributed by atoms with van der Waals surface area (Å²) < 4.78 is 1.67. The van der Waals surface area contributed by atoms with Gasteiger partial charge < -0.3 is 5.73 Å². The highest BCUT2D eigenvalue weighted by Gasteiger charge is 2.25. The molecule has 1 fully saturated rings. The lowest BCUT2D eigenvalue weighted by molar-refractivity contribution is 0.639. The van der Waals surface area contributed by atoms with Crippen molar-refractivity contribution in [1.29, 1.82) is 5.26 Å². The van der Waals surface area contributed by atoms with E-state index in [0.29, 0.717) is 23.8 Å². The lowest BCUT2D eigenvalue weighted by Gasteiger charge is -2.04. The van der Waals surface area contributed by atoms with E-state index in [9.17, 15) is 0 Å². The third-order valence-corrected chi connectivity index (χ3v) is 3.17. The van der Waals surface area contributed by atoms with Crippen molar-refractivity contribution in [2.75, 3.05) is 5.73 Å². The summed E-state index contributed by atoms with van der Waals surface area (Å²) in [6, 6.07) is 2.18. The van der Waals surface area contributed by atoms with E-state index in [-0.39, 0.29) is 0 Å². The molecule has 0 bridgehead atoms. The number of anilines is 1. The first-order valence-corrected chi connectivity index (χ1v) is 5.65. The molecule has 1 saturated carbocycles. The van der Waals surface area contributed by atoms with Gasteiger partial charge in [0.05, 0.1) is 12.2 Å². The Hall–Kier alpha value is -1.76. The summed E-state index contributed by atoms with van der Waals surface area (Å²) in [6.07, 6.45) is 6.44. The summed E-state index contributed by atoms with van der Waals surface area (Å²) in [6.45, 7) is 4.22. The van der Waals surface area contributed by atoms with E-state index in [1.807, 2.05) is 0 Å². The zero-order valence-corrected chi connectivity index (χ0v) is 9.32. The molecule has 16 heavy (non-hydrogen) atoms. The van der Waals surface area contributed by atoms with Crippen LogP contribution in [0.5, 0.6) is 0 Å². The Morgan fingerprint density at radius 1 is 1.56 bits per heavy atom. The van der Waals surface area contributed by atoms with Gasteiger partial charge in [0.25, 0.3) is 0 Å². The Bertz CT molecular complexity index is 433. The number of nitrogens with zero attached hydrogens (tertiary/aromatic N) is 3. The minimum atomic E-state index is 0.419. The zero-order chi connectivity index (χ0) is 11.5. The smallest absolute Gasteiger partial charge is 0.140 e. The Labute approximate surface area is 95.4 Å². The molecule has 4 nitrogen and oxygen atoms in total. The fraction of sp³-hybridized carbons (Fsp3) is 0.500. The van der Waals surface area contributed by atoms with Crippen molar-refractivity contribution in [3.63, 3.8) is 0 Å². The maximum Gasteiger partial charge on any atom is 0.140 e. The molecule has 0 aliphatic heterocycles. The average molecular weight is 216 g/mol. The molecule has 1 aliphatic rings. The van der Waals surface area contributed by atoms with Crippen LogP contribution in [0.25, 0.3) is 0 Å². The summed E-state index contributed by atoms with van der Waals surface area (Å²) in [5.74, 6) is 0.896. The van der Waals surface area contributed by atoms with E-state index in [0.717, 1.165) is 18.5 Å². The summed E-state index contributed by atoms with van der Waals surface area (Å²) >= 11 is 0. The molecular weight excluding hydrogens is 200 g/mol. The third kappa shape index (κ3) is 1.69. The van der Waals surface area contributed by atoms with E-state index >= 15 is 0 Å². The normalized spacial score (nSPS) is 16.2. The highest BCUT2D eigenvalue weighted by atomic mass is 15.3. The molecule has 0 spiro atoms. The van der Waals surface area contributed by atoms with Crippen LogP contribution in [0.15, 0.2) is 12.7 Å². The van der Waals surface area contributed by atoms with Crippen LogP contribution >= 0.6 is 0 Å². The Kier molecular flexibility index (Phi) is 2.95. The van der Waals surface area contributed by atoms with Crippen LogP contribution in [0.1, 0.15) is 42.9 Å². The summed E-state index contributed by atoms with van der Waals surface area (Å²) in [5, 5.41) is 13.6. The molecule has 0 radical (unpaired) electrons. The standard InChI is InChI=1S/C12H16N4/c1-2-7-16-12(14)10(8-13)11(15-16)9-5-3-4-6-9/h2,9H,1,3-7,14H2. The van der Waals surface area contributed by atoms with Crippen LogP contribution in [0.4, 0.5) is 5.82 Å². The third-order valence-electron chi connectivity index (χ3n) is 3.17. The molecule has 1 aromatic heterocycles. The van der Waals surface area contributed by atoms with Crippen LogP contribution in [0.2, 0.25) is 0 Å². The van der Waals surface area contributed by atoms with E-state index in [2.05, 4.69) is 17.7 Å². The van der Waals surface area contributed by atoms with Gasteiger partial charge in [-0.3, -0.25) is 0 Å². The van der Waals surface area contributed by atoms with Gasteiger partial charge in [0.2, 0.25) is 0 Å². The van der Waals surface area contributed by atoms with Crippen molar-refractivity contribution in [1.82, 2.24) is 9.78 Å². The van der Waals surface area contributed by atoms with Crippen molar-refractivity contribution < 1.29 is 0 Å².